The fraction of sp³-hybridized carbons (Fsp3) is 0.278. The van der Waals surface area contributed by atoms with Gasteiger partial charge in [-0.2, -0.15) is 0 Å². The van der Waals surface area contributed by atoms with Crippen molar-refractivity contribution in [2.45, 2.75) is 27.7 Å². The largest absolute Gasteiger partial charge is 0.308 e. The minimum atomic E-state index is 0.0601. The molecule has 0 atom stereocenters. The van der Waals surface area contributed by atoms with Crippen molar-refractivity contribution in [3.63, 3.8) is 0 Å². The van der Waals surface area contributed by atoms with Gasteiger partial charge in [-0.3, -0.25) is 4.79 Å². The van der Waals surface area contributed by atoms with Crippen molar-refractivity contribution in [1.29, 1.82) is 0 Å². The van der Waals surface area contributed by atoms with E-state index in [-0.39, 0.29) is 5.91 Å². The maximum Gasteiger partial charge on any atom is 0.258 e. The summed E-state index contributed by atoms with van der Waals surface area (Å²) in [4.78, 5) is 14.6. The number of aryl methyl sites for hydroxylation is 3. The van der Waals surface area contributed by atoms with Crippen LogP contribution in [-0.2, 0) is 0 Å². The average Bonchev–Trinajstić information content (AvgIpc) is 2.43. The third-order valence-electron chi connectivity index (χ3n) is 3.48. The highest BCUT2D eigenvalue weighted by molar-refractivity contribution is 6.06. The van der Waals surface area contributed by atoms with Crippen molar-refractivity contribution < 1.29 is 4.79 Å². The molecule has 0 aliphatic heterocycles. The monoisotopic (exact) mass is 267 g/mol. The van der Waals surface area contributed by atoms with Crippen molar-refractivity contribution in [2.24, 2.45) is 0 Å². The number of hydrogen-bond acceptors (Lipinski definition) is 1. The van der Waals surface area contributed by atoms with Gasteiger partial charge >= 0.3 is 0 Å². The highest BCUT2D eigenvalue weighted by Crippen LogP contribution is 2.23. The lowest BCUT2D eigenvalue weighted by molar-refractivity contribution is 0.0988. The van der Waals surface area contributed by atoms with E-state index in [0.29, 0.717) is 6.54 Å². The summed E-state index contributed by atoms with van der Waals surface area (Å²) in [7, 11) is 0. The summed E-state index contributed by atoms with van der Waals surface area (Å²) in [5, 5.41) is 0. The number of nitrogens with zero attached hydrogens (tertiary/aromatic N) is 1. The van der Waals surface area contributed by atoms with Gasteiger partial charge in [-0.15, -0.1) is 0 Å². The van der Waals surface area contributed by atoms with Gasteiger partial charge in [0.1, 0.15) is 0 Å². The van der Waals surface area contributed by atoms with Crippen molar-refractivity contribution >= 4 is 11.6 Å². The molecule has 0 saturated carbocycles. The molecule has 2 aromatic rings. The molecule has 2 rings (SSSR count). The van der Waals surface area contributed by atoms with E-state index in [9.17, 15) is 4.79 Å². The van der Waals surface area contributed by atoms with Crippen LogP contribution in [0.2, 0.25) is 0 Å². The van der Waals surface area contributed by atoms with Crippen molar-refractivity contribution in [3.8, 4) is 0 Å². The molecule has 2 aromatic carbocycles. The number of rotatable bonds is 3. The summed E-state index contributed by atoms with van der Waals surface area (Å²) >= 11 is 0. The number of benzene rings is 2. The zero-order valence-electron chi connectivity index (χ0n) is 12.6. The number of hydrogen-bond donors (Lipinski definition) is 0. The number of carbonyl (C=O) groups excluding carboxylic acids is 1. The summed E-state index contributed by atoms with van der Waals surface area (Å²) in [6, 6.07) is 14.0. The van der Waals surface area contributed by atoms with E-state index in [4.69, 9.17) is 0 Å². The van der Waals surface area contributed by atoms with E-state index in [1.165, 1.54) is 5.56 Å². The molecule has 0 aromatic heterocycles. The van der Waals surface area contributed by atoms with Gasteiger partial charge in [-0.05, 0) is 57.0 Å². The standard InChI is InChI=1S/C18H21NO/c1-5-19(17-12-14(3)9-10-15(17)4)18(20)16-8-6-7-13(2)11-16/h6-12H,5H2,1-4H3. The molecule has 0 N–H and O–H groups in total. The summed E-state index contributed by atoms with van der Waals surface area (Å²) < 4.78 is 0. The van der Waals surface area contributed by atoms with Crippen molar-refractivity contribution in [3.05, 3.63) is 64.7 Å². The minimum absolute atomic E-state index is 0.0601. The highest BCUT2D eigenvalue weighted by Gasteiger charge is 2.17. The molecule has 0 radical (unpaired) electrons. The van der Waals surface area contributed by atoms with Crippen LogP contribution in [0.25, 0.3) is 0 Å². The van der Waals surface area contributed by atoms with Crippen LogP contribution in [0.4, 0.5) is 5.69 Å². The predicted octanol–water partition coefficient (Wildman–Crippen LogP) is 4.28. The van der Waals surface area contributed by atoms with E-state index in [1.54, 1.807) is 0 Å². The molecular formula is C18H21NO. The number of amides is 1. The van der Waals surface area contributed by atoms with Crippen LogP contribution in [0.1, 0.15) is 34.0 Å². The normalized spacial score (nSPS) is 10.4. The topological polar surface area (TPSA) is 20.3 Å². The molecule has 0 unspecified atom stereocenters. The van der Waals surface area contributed by atoms with Crippen LogP contribution in [-0.4, -0.2) is 12.5 Å². The van der Waals surface area contributed by atoms with E-state index in [1.807, 2.05) is 56.9 Å². The number of anilines is 1. The highest BCUT2D eigenvalue weighted by atomic mass is 16.2. The van der Waals surface area contributed by atoms with E-state index in [2.05, 4.69) is 18.2 Å². The summed E-state index contributed by atoms with van der Waals surface area (Å²) in [6.45, 7) is 8.77. The predicted molar refractivity (Wildman–Crippen MR) is 84.4 cm³/mol. The van der Waals surface area contributed by atoms with Crippen LogP contribution in [0.3, 0.4) is 0 Å². The Hall–Kier alpha value is -2.09. The SMILES string of the molecule is CCN(C(=O)c1cccc(C)c1)c1cc(C)ccc1C. The minimum Gasteiger partial charge on any atom is -0.308 e. The first kappa shape index (κ1) is 14.3. The summed E-state index contributed by atoms with van der Waals surface area (Å²) in [5.41, 5.74) is 5.14. The van der Waals surface area contributed by atoms with Gasteiger partial charge in [-0.1, -0.05) is 29.8 Å². The van der Waals surface area contributed by atoms with E-state index >= 15 is 0 Å². The molecule has 0 spiro atoms. The van der Waals surface area contributed by atoms with Crippen LogP contribution >= 0.6 is 0 Å². The lowest BCUT2D eigenvalue weighted by Crippen LogP contribution is -2.31. The molecule has 104 valence electrons. The Morgan fingerprint density at radius 3 is 2.35 bits per heavy atom. The Bertz CT molecular complexity index is 631. The second-order valence-electron chi connectivity index (χ2n) is 5.21. The first-order valence-electron chi connectivity index (χ1n) is 6.98. The number of carbonyl (C=O) groups is 1. The summed E-state index contributed by atoms with van der Waals surface area (Å²) in [5.74, 6) is 0.0601. The van der Waals surface area contributed by atoms with Gasteiger partial charge in [-0.25, -0.2) is 0 Å². The molecular weight excluding hydrogens is 246 g/mol. The second kappa shape index (κ2) is 5.91. The molecule has 2 heteroatoms. The Kier molecular flexibility index (Phi) is 4.23. The second-order valence-corrected chi connectivity index (χ2v) is 5.21. The maximum atomic E-state index is 12.7. The Morgan fingerprint density at radius 2 is 1.70 bits per heavy atom. The molecule has 0 bridgehead atoms. The lowest BCUT2D eigenvalue weighted by Gasteiger charge is -2.23. The van der Waals surface area contributed by atoms with Crippen LogP contribution in [0, 0.1) is 20.8 Å². The maximum absolute atomic E-state index is 12.7. The molecule has 0 aliphatic rings. The van der Waals surface area contributed by atoms with Crippen molar-refractivity contribution in [1.82, 2.24) is 0 Å². The Balaban J connectivity index is 2.42. The molecule has 0 saturated heterocycles. The summed E-state index contributed by atoms with van der Waals surface area (Å²) in [6.07, 6.45) is 0. The fourth-order valence-corrected chi connectivity index (χ4v) is 2.37. The first-order chi connectivity index (χ1) is 9.52. The molecule has 20 heavy (non-hydrogen) atoms. The quantitative estimate of drug-likeness (QED) is 0.813. The van der Waals surface area contributed by atoms with Gasteiger partial charge in [0.05, 0.1) is 0 Å². The lowest BCUT2D eigenvalue weighted by atomic mass is 10.1. The molecule has 0 fully saturated rings. The molecule has 1 amide bonds. The Labute approximate surface area is 121 Å². The molecule has 0 aliphatic carbocycles. The van der Waals surface area contributed by atoms with Crippen LogP contribution in [0.15, 0.2) is 42.5 Å². The van der Waals surface area contributed by atoms with Gasteiger partial charge in [0.2, 0.25) is 0 Å². The van der Waals surface area contributed by atoms with Crippen LogP contribution in [0.5, 0.6) is 0 Å². The average molecular weight is 267 g/mol. The molecule has 0 heterocycles. The first-order valence-corrected chi connectivity index (χ1v) is 6.98. The van der Waals surface area contributed by atoms with Gasteiger partial charge in [0, 0.05) is 17.8 Å². The van der Waals surface area contributed by atoms with E-state index in [0.717, 1.165) is 22.4 Å². The zero-order valence-corrected chi connectivity index (χ0v) is 12.6. The van der Waals surface area contributed by atoms with E-state index < -0.39 is 0 Å². The van der Waals surface area contributed by atoms with Gasteiger partial charge in [0.15, 0.2) is 0 Å². The fourth-order valence-electron chi connectivity index (χ4n) is 2.37. The van der Waals surface area contributed by atoms with Crippen molar-refractivity contribution in [2.75, 3.05) is 11.4 Å². The Morgan fingerprint density at radius 1 is 1.00 bits per heavy atom. The third-order valence-corrected chi connectivity index (χ3v) is 3.48. The zero-order chi connectivity index (χ0) is 14.7. The van der Waals surface area contributed by atoms with Gasteiger partial charge < -0.3 is 4.90 Å². The van der Waals surface area contributed by atoms with Gasteiger partial charge in [0.25, 0.3) is 5.91 Å². The third kappa shape index (κ3) is 2.90. The van der Waals surface area contributed by atoms with Crippen LogP contribution < -0.4 is 4.90 Å². The molecule has 2 nitrogen and oxygen atoms in total. The smallest absolute Gasteiger partial charge is 0.258 e.